The summed E-state index contributed by atoms with van der Waals surface area (Å²) >= 11 is 0. The second kappa shape index (κ2) is 11.4. The molecule has 0 unspecified atom stereocenters. The predicted molar refractivity (Wildman–Crippen MR) is 54.8 cm³/mol. The molecular formula is C9H22N2O2. The lowest BCUT2D eigenvalue weighted by molar-refractivity contribution is -0.137. The smallest absolute Gasteiger partial charge is 0.317 e. The standard InChI is InChI=1S/C8H17NO2.CH5N/c1-3-4-5-6-9(2)7-8(10)11;1-2/h3-7H2,1-2H3,(H,10,11);2H2,1H3. The number of likely N-dealkylation sites (N-methyl/N-ethyl adjacent to an activating group) is 1. The first-order valence-corrected chi connectivity index (χ1v) is 4.65. The summed E-state index contributed by atoms with van der Waals surface area (Å²) in [6.07, 6.45) is 3.46. The molecule has 0 bridgehead atoms. The van der Waals surface area contributed by atoms with Gasteiger partial charge in [0.2, 0.25) is 0 Å². The lowest BCUT2D eigenvalue weighted by Gasteiger charge is -2.12. The zero-order valence-electron chi connectivity index (χ0n) is 8.92. The number of carboxylic acid groups (broad SMARTS) is 1. The minimum absolute atomic E-state index is 0.156. The molecular weight excluding hydrogens is 168 g/mol. The van der Waals surface area contributed by atoms with Crippen LogP contribution in [-0.4, -0.2) is 43.2 Å². The number of unbranched alkanes of at least 4 members (excludes halogenated alkanes) is 2. The van der Waals surface area contributed by atoms with Crippen LogP contribution in [0.5, 0.6) is 0 Å². The molecule has 0 saturated carbocycles. The van der Waals surface area contributed by atoms with Crippen LogP contribution in [0, 0.1) is 0 Å². The van der Waals surface area contributed by atoms with Crippen LogP contribution in [0.3, 0.4) is 0 Å². The first-order valence-electron chi connectivity index (χ1n) is 4.65. The molecule has 0 fully saturated rings. The van der Waals surface area contributed by atoms with Crippen molar-refractivity contribution in [3.05, 3.63) is 0 Å². The fourth-order valence-electron chi connectivity index (χ4n) is 0.942. The van der Waals surface area contributed by atoms with Gasteiger partial charge in [0.1, 0.15) is 0 Å². The van der Waals surface area contributed by atoms with Gasteiger partial charge in [-0.2, -0.15) is 0 Å². The van der Waals surface area contributed by atoms with Crippen molar-refractivity contribution in [1.82, 2.24) is 4.90 Å². The van der Waals surface area contributed by atoms with Gasteiger partial charge >= 0.3 is 5.97 Å². The Kier molecular flexibility index (Phi) is 13.0. The van der Waals surface area contributed by atoms with Gasteiger partial charge in [-0.25, -0.2) is 0 Å². The Morgan fingerprint density at radius 3 is 2.31 bits per heavy atom. The highest BCUT2D eigenvalue weighted by molar-refractivity contribution is 5.68. The van der Waals surface area contributed by atoms with E-state index in [1.54, 1.807) is 0 Å². The van der Waals surface area contributed by atoms with E-state index in [0.29, 0.717) is 0 Å². The topological polar surface area (TPSA) is 66.6 Å². The molecule has 0 atom stereocenters. The highest BCUT2D eigenvalue weighted by Crippen LogP contribution is 1.95. The van der Waals surface area contributed by atoms with E-state index < -0.39 is 5.97 Å². The number of nitrogens with two attached hydrogens (primary N) is 1. The maximum absolute atomic E-state index is 10.2. The van der Waals surface area contributed by atoms with Crippen LogP contribution < -0.4 is 5.73 Å². The normalized spacial score (nSPS) is 9.31. The van der Waals surface area contributed by atoms with Crippen molar-refractivity contribution in [2.45, 2.75) is 26.2 Å². The summed E-state index contributed by atoms with van der Waals surface area (Å²) in [7, 11) is 3.34. The molecule has 0 aliphatic heterocycles. The molecule has 0 aromatic heterocycles. The van der Waals surface area contributed by atoms with E-state index >= 15 is 0 Å². The zero-order chi connectivity index (χ0) is 10.7. The largest absolute Gasteiger partial charge is 0.480 e. The van der Waals surface area contributed by atoms with Crippen LogP contribution in [0.25, 0.3) is 0 Å². The van der Waals surface area contributed by atoms with E-state index in [0.717, 1.165) is 13.0 Å². The first kappa shape index (κ1) is 14.9. The Labute approximate surface area is 80.7 Å². The number of nitrogens with zero attached hydrogens (tertiary/aromatic N) is 1. The molecule has 0 radical (unpaired) electrons. The maximum atomic E-state index is 10.2. The van der Waals surface area contributed by atoms with Crippen molar-refractivity contribution in [2.75, 3.05) is 27.2 Å². The number of aliphatic carboxylic acids is 1. The maximum Gasteiger partial charge on any atom is 0.317 e. The van der Waals surface area contributed by atoms with E-state index in [1.807, 2.05) is 11.9 Å². The molecule has 13 heavy (non-hydrogen) atoms. The van der Waals surface area contributed by atoms with Gasteiger partial charge < -0.3 is 10.8 Å². The van der Waals surface area contributed by atoms with Crippen LogP contribution >= 0.6 is 0 Å². The van der Waals surface area contributed by atoms with E-state index in [9.17, 15) is 4.79 Å². The summed E-state index contributed by atoms with van der Waals surface area (Å²) < 4.78 is 0. The summed E-state index contributed by atoms with van der Waals surface area (Å²) in [6.45, 7) is 3.18. The molecule has 0 saturated heterocycles. The van der Waals surface area contributed by atoms with Crippen molar-refractivity contribution in [2.24, 2.45) is 5.73 Å². The molecule has 4 heteroatoms. The van der Waals surface area contributed by atoms with Crippen molar-refractivity contribution in [1.29, 1.82) is 0 Å². The van der Waals surface area contributed by atoms with Gasteiger partial charge in [-0.15, -0.1) is 0 Å². The molecule has 0 aliphatic carbocycles. The third-order valence-electron chi connectivity index (χ3n) is 1.55. The van der Waals surface area contributed by atoms with E-state index in [1.165, 1.54) is 19.9 Å². The number of rotatable bonds is 6. The third kappa shape index (κ3) is 14.3. The van der Waals surface area contributed by atoms with Crippen LogP contribution in [0.1, 0.15) is 26.2 Å². The number of hydrogen-bond donors (Lipinski definition) is 2. The highest BCUT2D eigenvalue weighted by atomic mass is 16.4. The van der Waals surface area contributed by atoms with Crippen molar-refractivity contribution < 1.29 is 9.90 Å². The fraction of sp³-hybridized carbons (Fsp3) is 0.889. The Morgan fingerprint density at radius 2 is 1.92 bits per heavy atom. The fourth-order valence-corrected chi connectivity index (χ4v) is 0.942. The average molecular weight is 190 g/mol. The van der Waals surface area contributed by atoms with Crippen LogP contribution in [0.4, 0.5) is 0 Å². The quantitative estimate of drug-likeness (QED) is 0.607. The lowest BCUT2D eigenvalue weighted by Crippen LogP contribution is -2.26. The second-order valence-corrected chi connectivity index (χ2v) is 2.84. The molecule has 0 spiro atoms. The van der Waals surface area contributed by atoms with Gasteiger partial charge in [0, 0.05) is 0 Å². The van der Waals surface area contributed by atoms with Crippen LogP contribution in [0.2, 0.25) is 0 Å². The van der Waals surface area contributed by atoms with Gasteiger partial charge in [-0.1, -0.05) is 19.8 Å². The number of hydrogen-bond acceptors (Lipinski definition) is 3. The number of carbonyl (C=O) groups is 1. The van der Waals surface area contributed by atoms with Gasteiger partial charge in [-0.3, -0.25) is 9.69 Å². The molecule has 0 heterocycles. The van der Waals surface area contributed by atoms with E-state index in [4.69, 9.17) is 5.11 Å². The number of carboxylic acids is 1. The molecule has 80 valence electrons. The summed E-state index contributed by atoms with van der Waals surface area (Å²) in [5.41, 5.74) is 4.50. The second-order valence-electron chi connectivity index (χ2n) is 2.84. The van der Waals surface area contributed by atoms with Crippen molar-refractivity contribution in [3.63, 3.8) is 0 Å². The van der Waals surface area contributed by atoms with Crippen molar-refractivity contribution in [3.8, 4) is 0 Å². The van der Waals surface area contributed by atoms with E-state index in [2.05, 4.69) is 12.7 Å². The first-order chi connectivity index (χ1) is 6.16. The predicted octanol–water partition coefficient (Wildman–Crippen LogP) is 0.768. The van der Waals surface area contributed by atoms with Gasteiger partial charge in [0.15, 0.2) is 0 Å². The van der Waals surface area contributed by atoms with Crippen LogP contribution in [0.15, 0.2) is 0 Å². The minimum atomic E-state index is -0.746. The summed E-state index contributed by atoms with van der Waals surface area (Å²) in [4.78, 5) is 12.0. The molecule has 3 N–H and O–H groups in total. The minimum Gasteiger partial charge on any atom is -0.480 e. The molecule has 4 nitrogen and oxygen atoms in total. The average Bonchev–Trinajstić information content (AvgIpc) is 2.07. The van der Waals surface area contributed by atoms with Crippen molar-refractivity contribution >= 4 is 5.97 Å². The van der Waals surface area contributed by atoms with Gasteiger partial charge in [-0.05, 0) is 27.1 Å². The Bertz CT molecular complexity index is 118. The Balaban J connectivity index is 0. The van der Waals surface area contributed by atoms with E-state index in [-0.39, 0.29) is 6.54 Å². The summed E-state index contributed by atoms with van der Waals surface area (Å²) in [5, 5.41) is 8.40. The third-order valence-corrected chi connectivity index (χ3v) is 1.55. The Morgan fingerprint density at radius 1 is 1.38 bits per heavy atom. The monoisotopic (exact) mass is 190 g/mol. The van der Waals surface area contributed by atoms with Gasteiger partial charge in [0.05, 0.1) is 6.54 Å². The zero-order valence-corrected chi connectivity index (χ0v) is 8.92. The lowest BCUT2D eigenvalue weighted by atomic mass is 10.2. The molecule has 0 aliphatic rings. The molecule has 0 aromatic rings. The van der Waals surface area contributed by atoms with Crippen LogP contribution in [-0.2, 0) is 4.79 Å². The summed E-state index contributed by atoms with van der Waals surface area (Å²) in [5.74, 6) is -0.746. The molecule has 0 amide bonds. The molecule has 0 aromatic carbocycles. The highest BCUT2D eigenvalue weighted by Gasteiger charge is 2.01. The SMILES string of the molecule is CCCCCN(C)CC(=O)O.CN. The summed E-state index contributed by atoms with van der Waals surface area (Å²) in [6, 6.07) is 0. The molecule has 0 rings (SSSR count). The Hall–Kier alpha value is -0.610. The van der Waals surface area contributed by atoms with Gasteiger partial charge in [0.25, 0.3) is 0 Å².